The number of amides is 1. The number of anilines is 1. The van der Waals surface area contributed by atoms with Gasteiger partial charge in [0, 0.05) is 11.8 Å². The molecule has 0 atom stereocenters. The third kappa shape index (κ3) is 4.63. The monoisotopic (exact) mass is 355 g/mol. The van der Waals surface area contributed by atoms with Gasteiger partial charge in [-0.25, -0.2) is 4.79 Å². The number of benzene rings is 2. The average Bonchev–Trinajstić information content (AvgIpc) is 2.66. The molecule has 0 heterocycles. The zero-order chi connectivity index (χ0) is 19.1. The van der Waals surface area contributed by atoms with Crippen molar-refractivity contribution in [1.29, 1.82) is 0 Å². The van der Waals surface area contributed by atoms with Gasteiger partial charge in [0.05, 0.1) is 26.9 Å². The summed E-state index contributed by atoms with van der Waals surface area (Å²) in [5, 5.41) is 2.78. The van der Waals surface area contributed by atoms with Crippen LogP contribution >= 0.6 is 0 Å². The van der Waals surface area contributed by atoms with Gasteiger partial charge in [0.2, 0.25) is 5.91 Å². The van der Waals surface area contributed by atoms with Crippen LogP contribution in [0.1, 0.15) is 21.5 Å². The maximum Gasteiger partial charge on any atom is 0.337 e. The zero-order valence-corrected chi connectivity index (χ0v) is 15.2. The molecule has 26 heavy (non-hydrogen) atoms. The topological polar surface area (TPSA) is 73.9 Å². The van der Waals surface area contributed by atoms with Crippen LogP contribution in [0.15, 0.2) is 42.5 Å². The number of nitrogens with one attached hydrogen (secondary N) is 1. The minimum Gasteiger partial charge on any atom is -0.493 e. The van der Waals surface area contributed by atoms with Crippen LogP contribution in [0.4, 0.5) is 5.69 Å². The quantitative estimate of drug-likeness (QED) is 0.635. The Hall–Kier alpha value is -3.28. The smallest absolute Gasteiger partial charge is 0.337 e. The van der Waals surface area contributed by atoms with Crippen molar-refractivity contribution >= 4 is 23.6 Å². The van der Waals surface area contributed by atoms with Crippen molar-refractivity contribution in [2.24, 2.45) is 0 Å². The standard InChI is InChI=1S/C20H21NO5/c1-13-11-15(20(23)26-4)7-8-16(13)21-19(22)10-6-14-5-9-17(24-2)18(12-14)25-3/h5-12H,1-4H3,(H,21,22)/b10-6+. The molecule has 2 aromatic carbocycles. The number of methoxy groups -OCH3 is 3. The van der Waals surface area contributed by atoms with E-state index in [9.17, 15) is 9.59 Å². The summed E-state index contributed by atoms with van der Waals surface area (Å²) in [4.78, 5) is 23.7. The lowest BCUT2D eigenvalue weighted by atomic mass is 10.1. The van der Waals surface area contributed by atoms with Crippen LogP contribution in [0.5, 0.6) is 11.5 Å². The molecule has 0 spiro atoms. The summed E-state index contributed by atoms with van der Waals surface area (Å²) in [6, 6.07) is 10.3. The highest BCUT2D eigenvalue weighted by Crippen LogP contribution is 2.28. The average molecular weight is 355 g/mol. The van der Waals surface area contributed by atoms with E-state index in [4.69, 9.17) is 9.47 Å². The lowest BCUT2D eigenvalue weighted by Gasteiger charge is -2.09. The molecule has 1 N–H and O–H groups in total. The molecule has 0 aliphatic rings. The van der Waals surface area contributed by atoms with Gasteiger partial charge in [0.1, 0.15) is 0 Å². The highest BCUT2D eigenvalue weighted by Gasteiger charge is 2.09. The van der Waals surface area contributed by atoms with Gasteiger partial charge in [-0.3, -0.25) is 4.79 Å². The van der Waals surface area contributed by atoms with E-state index >= 15 is 0 Å². The Bertz CT molecular complexity index is 842. The number of esters is 1. The van der Waals surface area contributed by atoms with Crippen LogP contribution in [0.2, 0.25) is 0 Å². The van der Waals surface area contributed by atoms with E-state index in [1.807, 2.05) is 6.07 Å². The van der Waals surface area contributed by atoms with Crippen molar-refractivity contribution in [1.82, 2.24) is 0 Å². The number of aryl methyl sites for hydroxylation is 1. The fraction of sp³-hybridized carbons (Fsp3) is 0.200. The van der Waals surface area contributed by atoms with Crippen molar-refractivity contribution in [3.05, 3.63) is 59.2 Å². The van der Waals surface area contributed by atoms with Crippen molar-refractivity contribution in [3.8, 4) is 11.5 Å². The van der Waals surface area contributed by atoms with Crippen LogP contribution in [-0.2, 0) is 9.53 Å². The molecule has 2 rings (SSSR count). The molecule has 2 aromatic rings. The predicted molar refractivity (Wildman–Crippen MR) is 99.7 cm³/mol. The summed E-state index contributed by atoms with van der Waals surface area (Å²) in [5.74, 6) is 0.507. The fourth-order valence-electron chi connectivity index (χ4n) is 2.35. The van der Waals surface area contributed by atoms with Crippen LogP contribution in [0.3, 0.4) is 0 Å². The lowest BCUT2D eigenvalue weighted by molar-refractivity contribution is -0.111. The molecule has 0 unspecified atom stereocenters. The zero-order valence-electron chi connectivity index (χ0n) is 15.2. The number of carbonyl (C=O) groups is 2. The number of hydrogen-bond donors (Lipinski definition) is 1. The molecule has 0 saturated carbocycles. The molecule has 6 heteroatoms. The second kappa shape index (κ2) is 8.71. The first-order valence-corrected chi connectivity index (χ1v) is 7.88. The molecule has 0 aliphatic heterocycles. The van der Waals surface area contributed by atoms with Crippen molar-refractivity contribution < 1.29 is 23.8 Å². The van der Waals surface area contributed by atoms with Crippen LogP contribution in [-0.4, -0.2) is 33.2 Å². The van der Waals surface area contributed by atoms with E-state index in [1.165, 1.54) is 13.2 Å². The predicted octanol–water partition coefficient (Wildman–Crippen LogP) is 3.45. The van der Waals surface area contributed by atoms with Gasteiger partial charge in [-0.2, -0.15) is 0 Å². The number of rotatable bonds is 6. The van der Waals surface area contributed by atoms with E-state index in [0.717, 1.165) is 11.1 Å². The van der Waals surface area contributed by atoms with Gasteiger partial charge < -0.3 is 19.5 Å². The normalized spacial score (nSPS) is 10.5. The van der Waals surface area contributed by atoms with Crippen LogP contribution in [0, 0.1) is 6.92 Å². The minimum absolute atomic E-state index is 0.284. The van der Waals surface area contributed by atoms with E-state index in [1.54, 1.807) is 57.6 Å². The molecule has 0 radical (unpaired) electrons. The summed E-state index contributed by atoms with van der Waals surface area (Å²) < 4.78 is 15.1. The van der Waals surface area contributed by atoms with Gasteiger partial charge >= 0.3 is 5.97 Å². The van der Waals surface area contributed by atoms with Crippen molar-refractivity contribution in [2.75, 3.05) is 26.6 Å². The summed E-state index contributed by atoms with van der Waals surface area (Å²) >= 11 is 0. The highest BCUT2D eigenvalue weighted by atomic mass is 16.5. The third-order valence-electron chi connectivity index (χ3n) is 3.74. The molecule has 0 aromatic heterocycles. The van der Waals surface area contributed by atoms with E-state index in [2.05, 4.69) is 10.1 Å². The number of carbonyl (C=O) groups excluding carboxylic acids is 2. The van der Waals surface area contributed by atoms with E-state index < -0.39 is 5.97 Å². The molecule has 0 aliphatic carbocycles. The van der Waals surface area contributed by atoms with E-state index in [-0.39, 0.29) is 5.91 Å². The lowest BCUT2D eigenvalue weighted by Crippen LogP contribution is -2.10. The van der Waals surface area contributed by atoms with Gasteiger partial charge in [-0.15, -0.1) is 0 Å². The Morgan fingerprint density at radius 1 is 0.962 bits per heavy atom. The van der Waals surface area contributed by atoms with Gasteiger partial charge in [0.25, 0.3) is 0 Å². The van der Waals surface area contributed by atoms with Gasteiger partial charge in [-0.1, -0.05) is 6.07 Å². The molecule has 0 saturated heterocycles. The summed E-state index contributed by atoms with van der Waals surface area (Å²) in [7, 11) is 4.44. The highest BCUT2D eigenvalue weighted by molar-refractivity contribution is 6.02. The molecule has 6 nitrogen and oxygen atoms in total. The SMILES string of the molecule is COC(=O)c1ccc(NC(=O)/C=C/c2ccc(OC)c(OC)c2)c(C)c1. The summed E-state index contributed by atoms with van der Waals surface area (Å²) in [6.45, 7) is 1.81. The third-order valence-corrected chi connectivity index (χ3v) is 3.74. The molecule has 0 fully saturated rings. The van der Waals surface area contributed by atoms with Crippen molar-refractivity contribution in [3.63, 3.8) is 0 Å². The van der Waals surface area contributed by atoms with Gasteiger partial charge in [-0.05, 0) is 54.5 Å². The first kappa shape index (κ1) is 19.1. The Kier molecular flexibility index (Phi) is 6.38. The van der Waals surface area contributed by atoms with Crippen LogP contribution in [0.25, 0.3) is 6.08 Å². The molecular weight excluding hydrogens is 334 g/mol. The van der Waals surface area contributed by atoms with E-state index in [0.29, 0.717) is 22.7 Å². The Morgan fingerprint density at radius 3 is 2.31 bits per heavy atom. The Morgan fingerprint density at radius 2 is 1.69 bits per heavy atom. The Balaban J connectivity index is 2.09. The molecule has 0 bridgehead atoms. The second-order valence-corrected chi connectivity index (χ2v) is 5.46. The number of hydrogen-bond acceptors (Lipinski definition) is 5. The fourth-order valence-corrected chi connectivity index (χ4v) is 2.35. The Labute approximate surface area is 152 Å². The van der Waals surface area contributed by atoms with Crippen LogP contribution < -0.4 is 14.8 Å². The maximum absolute atomic E-state index is 12.1. The van der Waals surface area contributed by atoms with Gasteiger partial charge in [0.15, 0.2) is 11.5 Å². The number of ether oxygens (including phenoxy) is 3. The summed E-state index contributed by atoms with van der Waals surface area (Å²) in [6.07, 6.45) is 3.10. The first-order chi connectivity index (χ1) is 12.5. The van der Waals surface area contributed by atoms with Crippen molar-refractivity contribution in [2.45, 2.75) is 6.92 Å². The minimum atomic E-state index is -0.417. The summed E-state index contributed by atoms with van der Waals surface area (Å²) in [5.41, 5.74) is 2.62. The molecule has 136 valence electrons. The molecule has 1 amide bonds. The largest absolute Gasteiger partial charge is 0.493 e. The first-order valence-electron chi connectivity index (χ1n) is 7.88. The second-order valence-electron chi connectivity index (χ2n) is 5.46. The molecular formula is C20H21NO5. The maximum atomic E-state index is 12.1.